The Labute approximate surface area is 185 Å². The number of carbonyl (C=O) groups is 2. The molecule has 0 aliphatic carbocycles. The molecule has 1 aromatic carbocycles. The first kappa shape index (κ1) is 21.2. The molecule has 0 atom stereocenters. The van der Waals surface area contributed by atoms with Crippen molar-refractivity contribution in [2.45, 2.75) is 27.7 Å². The van der Waals surface area contributed by atoms with Crippen molar-refractivity contribution in [3.8, 4) is 22.6 Å². The van der Waals surface area contributed by atoms with E-state index in [9.17, 15) is 9.59 Å². The number of hydrogen-bond donors (Lipinski definition) is 2. The van der Waals surface area contributed by atoms with E-state index in [1.54, 1.807) is 16.6 Å². The van der Waals surface area contributed by atoms with E-state index in [0.29, 0.717) is 22.6 Å². The van der Waals surface area contributed by atoms with Gasteiger partial charge in [-0.1, -0.05) is 32.9 Å². The zero-order valence-electron chi connectivity index (χ0n) is 18.4. The molecule has 0 fully saturated rings. The molecule has 0 spiro atoms. The Morgan fingerprint density at radius 3 is 2.41 bits per heavy atom. The first-order valence-corrected chi connectivity index (χ1v) is 10.2. The maximum Gasteiger partial charge on any atom is 0.250 e. The van der Waals surface area contributed by atoms with Gasteiger partial charge in [0.25, 0.3) is 0 Å². The lowest BCUT2D eigenvalue weighted by Gasteiger charge is -2.19. The van der Waals surface area contributed by atoms with Crippen molar-refractivity contribution >= 4 is 23.1 Å². The maximum atomic E-state index is 12.4. The fraction of sp³-hybridized carbons (Fsp3) is 0.208. The molecule has 4 rings (SSSR count). The van der Waals surface area contributed by atoms with Crippen molar-refractivity contribution < 1.29 is 9.59 Å². The third-order valence-electron chi connectivity index (χ3n) is 5.09. The maximum absolute atomic E-state index is 12.4. The van der Waals surface area contributed by atoms with Gasteiger partial charge in [0.05, 0.1) is 23.1 Å². The van der Waals surface area contributed by atoms with Crippen LogP contribution in [0.2, 0.25) is 0 Å². The normalized spacial score (nSPS) is 11.5. The van der Waals surface area contributed by atoms with E-state index in [2.05, 4.69) is 20.4 Å². The van der Waals surface area contributed by atoms with Crippen LogP contribution in [0.1, 0.15) is 36.7 Å². The summed E-state index contributed by atoms with van der Waals surface area (Å²) in [5.74, 6) is -0.572. The summed E-state index contributed by atoms with van der Waals surface area (Å²) in [4.78, 5) is 32.6. The summed E-state index contributed by atoms with van der Waals surface area (Å²) in [7, 11) is 0. The van der Waals surface area contributed by atoms with Crippen molar-refractivity contribution in [1.82, 2.24) is 19.6 Å². The summed E-state index contributed by atoms with van der Waals surface area (Å²) in [5.41, 5.74) is 10.4. The van der Waals surface area contributed by atoms with Crippen LogP contribution in [0.5, 0.6) is 0 Å². The Morgan fingerprint density at radius 1 is 1.00 bits per heavy atom. The average Bonchev–Trinajstić information content (AvgIpc) is 3.18. The van der Waals surface area contributed by atoms with Gasteiger partial charge in [-0.05, 0) is 42.8 Å². The zero-order chi connectivity index (χ0) is 23.0. The first-order valence-electron chi connectivity index (χ1n) is 10.2. The van der Waals surface area contributed by atoms with Crippen molar-refractivity contribution in [3.63, 3.8) is 0 Å². The molecule has 32 heavy (non-hydrogen) atoms. The fourth-order valence-corrected chi connectivity index (χ4v) is 3.07. The summed E-state index contributed by atoms with van der Waals surface area (Å²) in [6.07, 6.45) is 3.26. The largest absolute Gasteiger partial charge is 0.366 e. The van der Waals surface area contributed by atoms with Gasteiger partial charge in [0.1, 0.15) is 5.69 Å². The van der Waals surface area contributed by atoms with Gasteiger partial charge in [-0.25, -0.2) is 9.50 Å². The lowest BCUT2D eigenvalue weighted by atomic mass is 9.95. The SMILES string of the molecule is Cc1ccc(-c2cn3nc(-c4ccc(C(N)=O)cn4)ccc3n2)cc1NC(=O)C(C)(C)C. The van der Waals surface area contributed by atoms with Crippen LogP contribution < -0.4 is 11.1 Å². The number of aryl methyl sites for hydroxylation is 1. The van der Waals surface area contributed by atoms with Gasteiger partial charge in [-0.2, -0.15) is 5.10 Å². The van der Waals surface area contributed by atoms with Gasteiger partial charge in [0, 0.05) is 22.9 Å². The molecule has 3 heterocycles. The summed E-state index contributed by atoms with van der Waals surface area (Å²) in [5, 5.41) is 7.60. The van der Waals surface area contributed by atoms with E-state index in [4.69, 9.17) is 5.73 Å². The molecule has 162 valence electrons. The van der Waals surface area contributed by atoms with Crippen LogP contribution >= 0.6 is 0 Å². The number of anilines is 1. The Morgan fingerprint density at radius 2 is 1.75 bits per heavy atom. The quantitative estimate of drug-likeness (QED) is 0.512. The van der Waals surface area contributed by atoms with Gasteiger partial charge in [0.15, 0.2) is 5.65 Å². The summed E-state index contributed by atoms with van der Waals surface area (Å²) >= 11 is 0. The van der Waals surface area contributed by atoms with Crippen LogP contribution in [-0.2, 0) is 4.79 Å². The van der Waals surface area contributed by atoms with Gasteiger partial charge in [-0.15, -0.1) is 0 Å². The molecule has 3 aromatic heterocycles. The topological polar surface area (TPSA) is 115 Å². The van der Waals surface area contributed by atoms with E-state index in [-0.39, 0.29) is 5.91 Å². The monoisotopic (exact) mass is 428 g/mol. The number of nitrogens with zero attached hydrogens (tertiary/aromatic N) is 4. The predicted octanol–water partition coefficient (Wildman–Crippen LogP) is 3.85. The van der Waals surface area contributed by atoms with Gasteiger partial charge in [-0.3, -0.25) is 14.6 Å². The van der Waals surface area contributed by atoms with Crippen molar-refractivity contribution in [3.05, 3.63) is 66.0 Å². The molecule has 0 radical (unpaired) electrons. The molecule has 0 unspecified atom stereocenters. The fourth-order valence-electron chi connectivity index (χ4n) is 3.07. The number of benzene rings is 1. The molecular formula is C24H24N6O2. The second-order valence-corrected chi connectivity index (χ2v) is 8.68. The number of amides is 2. The van der Waals surface area contributed by atoms with Crippen LogP contribution in [0.25, 0.3) is 28.3 Å². The number of nitrogens with one attached hydrogen (secondary N) is 1. The Hall–Kier alpha value is -4.07. The van der Waals surface area contributed by atoms with Crippen molar-refractivity contribution in [2.75, 3.05) is 5.32 Å². The minimum atomic E-state index is -0.525. The highest BCUT2D eigenvalue weighted by atomic mass is 16.2. The highest BCUT2D eigenvalue weighted by Gasteiger charge is 2.22. The van der Waals surface area contributed by atoms with Crippen LogP contribution in [0.3, 0.4) is 0 Å². The summed E-state index contributed by atoms with van der Waals surface area (Å²) in [6, 6.07) is 12.8. The Kier molecular flexibility index (Phi) is 5.22. The number of pyridine rings is 1. The second-order valence-electron chi connectivity index (χ2n) is 8.68. The van der Waals surface area contributed by atoms with Gasteiger partial charge < -0.3 is 11.1 Å². The molecule has 8 heteroatoms. The molecule has 0 saturated heterocycles. The van der Waals surface area contributed by atoms with E-state index in [1.807, 2.05) is 64.2 Å². The third kappa shape index (κ3) is 4.20. The first-order chi connectivity index (χ1) is 15.1. The molecule has 2 amide bonds. The molecule has 3 N–H and O–H groups in total. The van der Waals surface area contributed by atoms with Crippen LogP contribution in [-0.4, -0.2) is 31.4 Å². The predicted molar refractivity (Wildman–Crippen MR) is 123 cm³/mol. The number of imidazole rings is 1. The Bertz CT molecular complexity index is 1330. The molecule has 0 aliphatic rings. The summed E-state index contributed by atoms with van der Waals surface area (Å²) < 4.78 is 1.68. The van der Waals surface area contributed by atoms with Gasteiger partial charge >= 0.3 is 0 Å². The molecule has 0 bridgehead atoms. The van der Waals surface area contributed by atoms with E-state index in [1.165, 1.54) is 6.20 Å². The minimum absolute atomic E-state index is 0.0473. The summed E-state index contributed by atoms with van der Waals surface area (Å²) in [6.45, 7) is 7.59. The van der Waals surface area contributed by atoms with Crippen LogP contribution in [0.15, 0.2) is 54.9 Å². The highest BCUT2D eigenvalue weighted by molar-refractivity contribution is 5.95. The molecule has 8 nitrogen and oxygen atoms in total. The minimum Gasteiger partial charge on any atom is -0.366 e. The number of nitrogens with two attached hydrogens (primary N) is 1. The second kappa shape index (κ2) is 7.88. The molecule has 4 aromatic rings. The lowest BCUT2D eigenvalue weighted by Crippen LogP contribution is -2.27. The number of aromatic nitrogens is 4. The smallest absolute Gasteiger partial charge is 0.250 e. The number of primary amides is 1. The average molecular weight is 428 g/mol. The van der Waals surface area contributed by atoms with Crippen molar-refractivity contribution in [2.24, 2.45) is 11.1 Å². The van der Waals surface area contributed by atoms with Crippen LogP contribution in [0.4, 0.5) is 5.69 Å². The highest BCUT2D eigenvalue weighted by Crippen LogP contribution is 2.27. The molecule has 0 saturated carbocycles. The van der Waals surface area contributed by atoms with Crippen molar-refractivity contribution in [1.29, 1.82) is 0 Å². The van der Waals surface area contributed by atoms with E-state index < -0.39 is 11.3 Å². The molecular weight excluding hydrogens is 404 g/mol. The lowest BCUT2D eigenvalue weighted by molar-refractivity contribution is -0.123. The number of carbonyl (C=O) groups excluding carboxylic acids is 2. The van der Waals surface area contributed by atoms with Gasteiger partial charge in [0.2, 0.25) is 11.8 Å². The number of fused-ring (bicyclic) bond motifs is 1. The molecule has 0 aliphatic heterocycles. The number of rotatable bonds is 4. The third-order valence-corrected chi connectivity index (χ3v) is 5.09. The Balaban J connectivity index is 1.66. The standard InChI is InChI=1S/C24H24N6O2/c1-14-5-6-15(11-19(14)28-23(32)24(2,3)4)20-13-30-21(27-20)10-9-18(29-30)17-8-7-16(12-26-17)22(25)31/h5-13H,1-4H3,(H2,25,31)(H,28,32). The number of hydrogen-bond acceptors (Lipinski definition) is 5. The van der Waals surface area contributed by atoms with E-state index in [0.717, 1.165) is 22.5 Å². The van der Waals surface area contributed by atoms with E-state index >= 15 is 0 Å². The zero-order valence-corrected chi connectivity index (χ0v) is 18.4. The van der Waals surface area contributed by atoms with Crippen LogP contribution in [0, 0.1) is 12.3 Å².